The van der Waals surface area contributed by atoms with E-state index in [0.717, 1.165) is 31.1 Å². The molecule has 0 bridgehead atoms. The summed E-state index contributed by atoms with van der Waals surface area (Å²) in [5.74, 6) is 1.70. The van der Waals surface area contributed by atoms with Gasteiger partial charge in [-0.3, -0.25) is 14.5 Å². The van der Waals surface area contributed by atoms with E-state index in [0.29, 0.717) is 31.9 Å². The predicted octanol–water partition coefficient (Wildman–Crippen LogP) is 2.77. The Balaban J connectivity index is 1.23. The fraction of sp³-hybridized carbons (Fsp3) is 0.391. The number of nitrogens with zero attached hydrogens (tertiary/aromatic N) is 2. The first-order valence-corrected chi connectivity index (χ1v) is 10.2. The molecule has 1 saturated heterocycles. The van der Waals surface area contributed by atoms with Gasteiger partial charge in [-0.15, -0.1) is 0 Å². The Morgan fingerprint density at radius 1 is 0.828 bits per heavy atom. The number of Topliss-reactive ketones (excluding diaryl/α,β-unsaturated/α-hetero) is 1. The Morgan fingerprint density at radius 2 is 1.55 bits per heavy atom. The Bertz CT molecular complexity index is 860. The smallest absolute Gasteiger partial charge is 0.223 e. The van der Waals surface area contributed by atoms with Gasteiger partial charge < -0.3 is 14.4 Å². The van der Waals surface area contributed by atoms with Gasteiger partial charge in [0.05, 0.1) is 0 Å². The first-order chi connectivity index (χ1) is 14.2. The number of ketones is 1. The van der Waals surface area contributed by atoms with Crippen molar-refractivity contribution in [2.45, 2.75) is 19.4 Å². The highest BCUT2D eigenvalue weighted by molar-refractivity contribution is 5.97. The highest BCUT2D eigenvalue weighted by Crippen LogP contribution is 2.31. The molecular weight excluding hydrogens is 368 g/mol. The van der Waals surface area contributed by atoms with E-state index in [-0.39, 0.29) is 24.5 Å². The average Bonchev–Trinajstić information content (AvgIpc) is 2.78. The van der Waals surface area contributed by atoms with Gasteiger partial charge in [0.15, 0.2) is 17.3 Å². The van der Waals surface area contributed by atoms with Crippen molar-refractivity contribution in [2.75, 3.05) is 39.4 Å². The molecule has 0 spiro atoms. The van der Waals surface area contributed by atoms with E-state index >= 15 is 0 Å². The van der Waals surface area contributed by atoms with Crippen LogP contribution in [0.1, 0.15) is 28.8 Å². The summed E-state index contributed by atoms with van der Waals surface area (Å²) in [4.78, 5) is 28.9. The van der Waals surface area contributed by atoms with Gasteiger partial charge in [0.1, 0.15) is 13.2 Å². The molecule has 0 aromatic heterocycles. The molecule has 1 fully saturated rings. The Hall–Kier alpha value is -2.86. The number of benzene rings is 2. The number of carbonyl (C=O) groups is 2. The minimum Gasteiger partial charge on any atom is -0.486 e. The fourth-order valence-corrected chi connectivity index (χ4v) is 3.75. The molecule has 2 aliphatic rings. The zero-order valence-electron chi connectivity index (χ0n) is 16.5. The first-order valence-electron chi connectivity index (χ1n) is 10.2. The molecule has 0 radical (unpaired) electrons. The molecule has 0 aliphatic carbocycles. The van der Waals surface area contributed by atoms with Crippen LogP contribution in [0.25, 0.3) is 0 Å². The molecule has 2 aromatic rings. The molecule has 6 heteroatoms. The summed E-state index contributed by atoms with van der Waals surface area (Å²) in [7, 11) is 0. The van der Waals surface area contributed by atoms with E-state index in [1.807, 2.05) is 35.2 Å². The van der Waals surface area contributed by atoms with Crippen molar-refractivity contribution in [1.82, 2.24) is 9.80 Å². The third kappa shape index (κ3) is 4.95. The normalized spacial score (nSPS) is 16.5. The third-order valence-electron chi connectivity index (χ3n) is 5.40. The molecule has 2 heterocycles. The minimum absolute atomic E-state index is 0.0243. The summed E-state index contributed by atoms with van der Waals surface area (Å²) >= 11 is 0. The maximum atomic E-state index is 12.5. The molecule has 2 aromatic carbocycles. The average molecular weight is 394 g/mol. The number of amides is 1. The van der Waals surface area contributed by atoms with Crippen LogP contribution in [0.15, 0.2) is 48.5 Å². The summed E-state index contributed by atoms with van der Waals surface area (Å²) in [5.41, 5.74) is 1.85. The van der Waals surface area contributed by atoms with E-state index in [1.54, 1.807) is 12.1 Å². The lowest BCUT2D eigenvalue weighted by Crippen LogP contribution is -2.48. The summed E-state index contributed by atoms with van der Waals surface area (Å²) < 4.78 is 11.2. The Labute approximate surface area is 171 Å². The molecule has 152 valence electrons. The van der Waals surface area contributed by atoms with Gasteiger partial charge >= 0.3 is 0 Å². The number of hydrogen-bond donors (Lipinski definition) is 0. The van der Waals surface area contributed by atoms with E-state index < -0.39 is 0 Å². The zero-order chi connectivity index (χ0) is 20.1. The maximum Gasteiger partial charge on any atom is 0.223 e. The van der Waals surface area contributed by atoms with Crippen LogP contribution in [-0.4, -0.2) is 60.9 Å². The molecule has 0 saturated carbocycles. The number of carbonyl (C=O) groups excluding carboxylic acids is 2. The molecule has 2 aliphatic heterocycles. The van der Waals surface area contributed by atoms with E-state index in [4.69, 9.17) is 9.47 Å². The van der Waals surface area contributed by atoms with Gasteiger partial charge in [0.25, 0.3) is 0 Å². The largest absolute Gasteiger partial charge is 0.486 e. The quantitative estimate of drug-likeness (QED) is 0.705. The van der Waals surface area contributed by atoms with Crippen LogP contribution in [0.5, 0.6) is 11.5 Å². The summed E-state index contributed by atoms with van der Waals surface area (Å²) in [6, 6.07) is 15.2. The van der Waals surface area contributed by atoms with E-state index in [1.165, 1.54) is 5.56 Å². The first kappa shape index (κ1) is 19.5. The van der Waals surface area contributed by atoms with Crippen LogP contribution < -0.4 is 9.47 Å². The van der Waals surface area contributed by atoms with Crippen molar-refractivity contribution in [2.24, 2.45) is 0 Å². The number of fused-ring (bicyclic) bond motifs is 1. The molecule has 4 rings (SSSR count). The summed E-state index contributed by atoms with van der Waals surface area (Å²) in [5, 5.41) is 0. The van der Waals surface area contributed by atoms with Gasteiger partial charge in [-0.1, -0.05) is 36.4 Å². The van der Waals surface area contributed by atoms with Gasteiger partial charge in [-0.05, 0) is 17.7 Å². The van der Waals surface area contributed by atoms with Crippen LogP contribution >= 0.6 is 0 Å². The van der Waals surface area contributed by atoms with Crippen molar-refractivity contribution in [3.63, 3.8) is 0 Å². The lowest BCUT2D eigenvalue weighted by molar-refractivity contribution is -0.132. The monoisotopic (exact) mass is 394 g/mol. The number of rotatable bonds is 6. The van der Waals surface area contributed by atoms with Gasteiger partial charge in [-0.25, -0.2) is 0 Å². The predicted molar refractivity (Wildman–Crippen MR) is 109 cm³/mol. The molecule has 0 N–H and O–H groups in total. The standard InChI is InChI=1S/C23H26N2O4/c26-20(19-4-2-1-3-5-19)7-9-23(27)25-12-10-24(11-13-25)17-18-6-8-21-22(16-18)29-15-14-28-21/h1-6,8,16H,7,9-15,17H2. The molecule has 0 atom stereocenters. The fourth-order valence-electron chi connectivity index (χ4n) is 3.75. The molecule has 0 unspecified atom stereocenters. The van der Waals surface area contributed by atoms with E-state index in [2.05, 4.69) is 11.0 Å². The van der Waals surface area contributed by atoms with E-state index in [9.17, 15) is 9.59 Å². The topological polar surface area (TPSA) is 59.1 Å². The van der Waals surface area contributed by atoms with Crippen LogP contribution in [0.3, 0.4) is 0 Å². The van der Waals surface area contributed by atoms with Crippen molar-refractivity contribution in [3.8, 4) is 11.5 Å². The van der Waals surface area contributed by atoms with Crippen LogP contribution in [-0.2, 0) is 11.3 Å². The SMILES string of the molecule is O=C(CCC(=O)N1CCN(Cc2ccc3c(c2)OCCO3)CC1)c1ccccc1. The Kier molecular flexibility index (Phi) is 6.10. The number of piperazine rings is 1. The molecule has 1 amide bonds. The lowest BCUT2D eigenvalue weighted by atomic mass is 10.1. The second-order valence-corrected chi connectivity index (χ2v) is 7.42. The Morgan fingerprint density at radius 3 is 2.31 bits per heavy atom. The summed E-state index contributed by atoms with van der Waals surface area (Å²) in [6.45, 7) is 5.06. The van der Waals surface area contributed by atoms with Crippen LogP contribution in [0.2, 0.25) is 0 Å². The van der Waals surface area contributed by atoms with Gasteiger partial charge in [0.2, 0.25) is 5.91 Å². The molecule has 6 nitrogen and oxygen atoms in total. The molecule has 29 heavy (non-hydrogen) atoms. The number of ether oxygens (including phenoxy) is 2. The molecular formula is C23H26N2O4. The third-order valence-corrected chi connectivity index (χ3v) is 5.40. The van der Waals surface area contributed by atoms with Gasteiger partial charge in [-0.2, -0.15) is 0 Å². The van der Waals surface area contributed by atoms with Crippen LogP contribution in [0, 0.1) is 0 Å². The van der Waals surface area contributed by atoms with Crippen molar-refractivity contribution in [3.05, 3.63) is 59.7 Å². The highest BCUT2D eigenvalue weighted by atomic mass is 16.6. The van der Waals surface area contributed by atoms with Crippen molar-refractivity contribution in [1.29, 1.82) is 0 Å². The van der Waals surface area contributed by atoms with Crippen LogP contribution in [0.4, 0.5) is 0 Å². The van der Waals surface area contributed by atoms with Gasteiger partial charge in [0, 0.05) is 51.1 Å². The lowest BCUT2D eigenvalue weighted by Gasteiger charge is -2.35. The zero-order valence-corrected chi connectivity index (χ0v) is 16.5. The minimum atomic E-state index is 0.0243. The number of hydrogen-bond acceptors (Lipinski definition) is 5. The highest BCUT2D eigenvalue weighted by Gasteiger charge is 2.22. The van der Waals surface area contributed by atoms with Crippen molar-refractivity contribution < 1.29 is 19.1 Å². The second kappa shape index (κ2) is 9.09. The maximum absolute atomic E-state index is 12.5. The second-order valence-electron chi connectivity index (χ2n) is 7.42. The van der Waals surface area contributed by atoms with Crippen molar-refractivity contribution >= 4 is 11.7 Å². The summed E-state index contributed by atoms with van der Waals surface area (Å²) in [6.07, 6.45) is 0.538.